The quantitative estimate of drug-likeness (QED) is 0.0614. The molecule has 0 radical (unpaired) electrons. The van der Waals surface area contributed by atoms with Gasteiger partial charge in [-0.3, -0.25) is 24.2 Å². The van der Waals surface area contributed by atoms with Gasteiger partial charge in [-0.15, -0.1) is 0 Å². The summed E-state index contributed by atoms with van der Waals surface area (Å²) >= 11 is 0. The lowest BCUT2D eigenvalue weighted by molar-refractivity contribution is -0.201. The molecule has 12 nitrogen and oxygen atoms in total. The van der Waals surface area contributed by atoms with Gasteiger partial charge in [-0.2, -0.15) is 0 Å². The number of amides is 3. The fraction of sp³-hybridized carbons (Fsp3) is 0.706. The lowest BCUT2D eigenvalue weighted by atomic mass is 10.1. The topological polar surface area (TPSA) is 189 Å². The van der Waals surface area contributed by atoms with Gasteiger partial charge < -0.3 is 32.0 Å². The standard InChI is InChI=1S/C17H32N6O6/c1-3-4-8-29-23(13(9-24)6-5-7-20-17(18)19)16(28)12(2)22-15(27)14(10-25)21-11-26/h9,11-14,25H,3-8,10H2,1-2H3,(H,21,26)(H,22,27)(H4,18,19,20)/t12-,13-,14+/m0/s1. The van der Waals surface area contributed by atoms with Crippen molar-refractivity contribution >= 4 is 30.5 Å². The molecular formula is C17H32N6O6. The third kappa shape index (κ3) is 10.4. The molecule has 0 spiro atoms. The van der Waals surface area contributed by atoms with Crippen LogP contribution in [0.2, 0.25) is 0 Å². The SMILES string of the molecule is CCCCON(C(=O)[C@H](C)NC(=O)[C@@H](CO)NC=O)[C@H](C=O)CCCN=C(N)N. The van der Waals surface area contributed by atoms with Crippen molar-refractivity contribution in [1.29, 1.82) is 0 Å². The molecule has 29 heavy (non-hydrogen) atoms. The van der Waals surface area contributed by atoms with Gasteiger partial charge in [0.1, 0.15) is 24.4 Å². The molecule has 0 aromatic carbocycles. The number of rotatable bonds is 16. The van der Waals surface area contributed by atoms with Gasteiger partial charge in [0.2, 0.25) is 12.3 Å². The van der Waals surface area contributed by atoms with Crippen LogP contribution in [0, 0.1) is 0 Å². The van der Waals surface area contributed by atoms with E-state index in [0.717, 1.165) is 11.5 Å². The van der Waals surface area contributed by atoms with Crippen molar-refractivity contribution in [2.24, 2.45) is 16.5 Å². The highest BCUT2D eigenvalue weighted by Crippen LogP contribution is 2.10. The number of hydroxylamine groups is 2. The van der Waals surface area contributed by atoms with E-state index in [0.29, 0.717) is 19.1 Å². The number of carbonyl (C=O) groups is 4. The third-order valence-electron chi connectivity index (χ3n) is 3.85. The van der Waals surface area contributed by atoms with Crippen molar-refractivity contribution in [2.75, 3.05) is 19.8 Å². The largest absolute Gasteiger partial charge is 0.394 e. The maximum Gasteiger partial charge on any atom is 0.269 e. The smallest absolute Gasteiger partial charge is 0.269 e. The van der Waals surface area contributed by atoms with Crippen LogP contribution in [-0.2, 0) is 24.0 Å². The van der Waals surface area contributed by atoms with E-state index in [4.69, 9.17) is 21.4 Å². The van der Waals surface area contributed by atoms with E-state index in [1.54, 1.807) is 0 Å². The Balaban J connectivity index is 5.14. The molecule has 0 aliphatic carbocycles. The zero-order chi connectivity index (χ0) is 22.2. The molecule has 0 heterocycles. The average molecular weight is 416 g/mol. The number of nitrogens with one attached hydrogen (secondary N) is 2. The van der Waals surface area contributed by atoms with Crippen LogP contribution >= 0.6 is 0 Å². The van der Waals surface area contributed by atoms with Crippen molar-refractivity contribution < 1.29 is 29.1 Å². The monoisotopic (exact) mass is 416 g/mol. The first-order valence-electron chi connectivity index (χ1n) is 9.39. The van der Waals surface area contributed by atoms with E-state index in [2.05, 4.69) is 15.6 Å². The fourth-order valence-electron chi connectivity index (χ4n) is 2.24. The summed E-state index contributed by atoms with van der Waals surface area (Å²) in [6, 6.07) is -3.15. The van der Waals surface area contributed by atoms with E-state index < -0.39 is 36.5 Å². The van der Waals surface area contributed by atoms with Crippen molar-refractivity contribution in [3.05, 3.63) is 0 Å². The molecule has 0 saturated heterocycles. The zero-order valence-corrected chi connectivity index (χ0v) is 16.9. The molecule has 0 rings (SSSR count). The van der Waals surface area contributed by atoms with Gasteiger partial charge in [0.05, 0.1) is 13.2 Å². The number of nitrogens with two attached hydrogens (primary N) is 2. The number of aliphatic imine (C=N–C) groups is 1. The maximum absolute atomic E-state index is 12.8. The van der Waals surface area contributed by atoms with Gasteiger partial charge in [0.25, 0.3) is 5.91 Å². The Morgan fingerprint density at radius 2 is 1.97 bits per heavy atom. The van der Waals surface area contributed by atoms with E-state index in [9.17, 15) is 19.2 Å². The summed E-state index contributed by atoms with van der Waals surface area (Å²) in [6.07, 6.45) is 3.02. The lowest BCUT2D eigenvalue weighted by Gasteiger charge is -2.30. The van der Waals surface area contributed by atoms with E-state index in [1.165, 1.54) is 6.92 Å². The van der Waals surface area contributed by atoms with Crippen molar-refractivity contribution in [2.45, 2.75) is 57.7 Å². The Labute approximate surface area is 170 Å². The zero-order valence-electron chi connectivity index (χ0n) is 16.9. The lowest BCUT2D eigenvalue weighted by Crippen LogP contribution is -2.55. The molecule has 0 aromatic rings. The third-order valence-corrected chi connectivity index (χ3v) is 3.85. The van der Waals surface area contributed by atoms with Crippen LogP contribution in [0.3, 0.4) is 0 Å². The van der Waals surface area contributed by atoms with Crippen LogP contribution < -0.4 is 22.1 Å². The van der Waals surface area contributed by atoms with Gasteiger partial charge >= 0.3 is 0 Å². The number of unbranched alkanes of at least 4 members (excludes halogenated alkanes) is 1. The second kappa shape index (κ2) is 15.2. The van der Waals surface area contributed by atoms with Gasteiger partial charge in [-0.1, -0.05) is 13.3 Å². The van der Waals surface area contributed by atoms with Crippen LogP contribution in [0.4, 0.5) is 0 Å². The summed E-state index contributed by atoms with van der Waals surface area (Å²) < 4.78 is 0. The normalized spacial score (nSPS) is 13.5. The molecule has 166 valence electrons. The number of carbonyl (C=O) groups excluding carboxylic acids is 4. The molecule has 0 unspecified atom stereocenters. The minimum Gasteiger partial charge on any atom is -0.394 e. The predicted octanol–water partition coefficient (Wildman–Crippen LogP) is -2.22. The molecule has 7 N–H and O–H groups in total. The molecule has 0 aliphatic heterocycles. The molecule has 0 fully saturated rings. The Morgan fingerprint density at radius 1 is 1.28 bits per heavy atom. The number of aliphatic hydroxyl groups is 1. The number of aliphatic hydroxyl groups excluding tert-OH is 1. The number of hydrogen-bond acceptors (Lipinski definition) is 7. The van der Waals surface area contributed by atoms with Crippen molar-refractivity contribution in [3.63, 3.8) is 0 Å². The highest BCUT2D eigenvalue weighted by Gasteiger charge is 2.30. The average Bonchev–Trinajstić information content (AvgIpc) is 2.69. The van der Waals surface area contributed by atoms with Crippen LogP contribution in [0.15, 0.2) is 4.99 Å². The van der Waals surface area contributed by atoms with Crippen LogP contribution in [-0.4, -0.2) is 78.5 Å². The molecule has 0 saturated carbocycles. The first-order valence-corrected chi connectivity index (χ1v) is 9.39. The molecule has 0 bridgehead atoms. The molecule has 0 aromatic heterocycles. The summed E-state index contributed by atoms with van der Waals surface area (Å²) in [5.74, 6) is -1.46. The molecule has 3 atom stereocenters. The maximum atomic E-state index is 12.8. The summed E-state index contributed by atoms with van der Waals surface area (Å²) in [7, 11) is 0. The number of hydrogen-bond donors (Lipinski definition) is 5. The second-order valence-electron chi connectivity index (χ2n) is 6.25. The Morgan fingerprint density at radius 3 is 2.48 bits per heavy atom. The second-order valence-corrected chi connectivity index (χ2v) is 6.25. The Bertz CT molecular complexity index is 555. The summed E-state index contributed by atoms with van der Waals surface area (Å²) in [6.45, 7) is 3.22. The summed E-state index contributed by atoms with van der Waals surface area (Å²) in [5.41, 5.74) is 10.5. The highest BCUT2D eigenvalue weighted by atomic mass is 16.7. The van der Waals surface area contributed by atoms with Crippen LogP contribution in [0.5, 0.6) is 0 Å². The van der Waals surface area contributed by atoms with E-state index >= 15 is 0 Å². The van der Waals surface area contributed by atoms with E-state index in [-0.39, 0.29) is 31.9 Å². The van der Waals surface area contributed by atoms with Crippen LogP contribution in [0.1, 0.15) is 39.5 Å². The first-order chi connectivity index (χ1) is 13.8. The number of nitrogens with zero attached hydrogens (tertiary/aromatic N) is 2. The first kappa shape index (κ1) is 26.3. The minimum atomic E-state index is -1.20. The highest BCUT2D eigenvalue weighted by molar-refractivity contribution is 5.90. The van der Waals surface area contributed by atoms with Gasteiger partial charge in [-0.25, -0.2) is 5.06 Å². The Kier molecular flexibility index (Phi) is 13.8. The predicted molar refractivity (Wildman–Crippen MR) is 105 cm³/mol. The summed E-state index contributed by atoms with van der Waals surface area (Å²) in [4.78, 5) is 56.2. The van der Waals surface area contributed by atoms with Gasteiger partial charge in [-0.05, 0) is 26.2 Å². The van der Waals surface area contributed by atoms with Crippen molar-refractivity contribution in [3.8, 4) is 0 Å². The summed E-state index contributed by atoms with van der Waals surface area (Å²) in [5, 5.41) is 14.6. The molecule has 12 heteroatoms. The fourth-order valence-corrected chi connectivity index (χ4v) is 2.24. The van der Waals surface area contributed by atoms with E-state index in [1.807, 2.05) is 6.92 Å². The van der Waals surface area contributed by atoms with Crippen molar-refractivity contribution in [1.82, 2.24) is 15.7 Å². The minimum absolute atomic E-state index is 0.0708. The molecule has 3 amide bonds. The number of aldehydes is 1. The number of guanidine groups is 1. The molecule has 0 aliphatic rings. The van der Waals surface area contributed by atoms with Gasteiger partial charge in [0, 0.05) is 6.54 Å². The Hall–Kier alpha value is -2.73. The van der Waals surface area contributed by atoms with Gasteiger partial charge in [0.15, 0.2) is 5.96 Å². The molecular weight excluding hydrogens is 384 g/mol. The van der Waals surface area contributed by atoms with Crippen LogP contribution in [0.25, 0.3) is 0 Å².